The molecule has 1 saturated heterocycles. The molecule has 3 aliphatic rings. The molecule has 88 valence electrons. The van der Waals surface area contributed by atoms with Crippen molar-refractivity contribution in [3.63, 3.8) is 0 Å². The summed E-state index contributed by atoms with van der Waals surface area (Å²) in [7, 11) is 0. The molecule has 0 N–H and O–H groups in total. The Morgan fingerprint density at radius 3 is 2.94 bits per heavy atom. The summed E-state index contributed by atoms with van der Waals surface area (Å²) in [6.07, 6.45) is 3.29. The summed E-state index contributed by atoms with van der Waals surface area (Å²) < 4.78 is 11.3. The first-order chi connectivity index (χ1) is 7.55. The van der Waals surface area contributed by atoms with E-state index in [0.29, 0.717) is 18.1 Å². The highest BCUT2D eigenvalue weighted by molar-refractivity contribution is 5.97. The van der Waals surface area contributed by atoms with Gasteiger partial charge in [-0.15, -0.1) is 0 Å². The third-order valence-corrected chi connectivity index (χ3v) is 3.81. The van der Waals surface area contributed by atoms with Crippen molar-refractivity contribution in [3.8, 4) is 0 Å². The fourth-order valence-corrected chi connectivity index (χ4v) is 3.10. The molecular weight excluding hydrogens is 204 g/mol. The van der Waals surface area contributed by atoms with Gasteiger partial charge in [0.15, 0.2) is 12.1 Å². The Bertz CT molecular complexity index is 367. The molecular formula is C13H18O3. The molecule has 0 aromatic heterocycles. The molecule has 3 heteroatoms. The van der Waals surface area contributed by atoms with Crippen LogP contribution in [0.2, 0.25) is 0 Å². The second-order valence-electron chi connectivity index (χ2n) is 5.92. The SMILES string of the molecule is CC1(C)CC(=O)C2=C(C1)OC1CC2CCO1. The van der Waals surface area contributed by atoms with Gasteiger partial charge in [-0.2, -0.15) is 0 Å². The second-order valence-corrected chi connectivity index (χ2v) is 5.92. The first-order valence-electron chi connectivity index (χ1n) is 6.10. The predicted octanol–water partition coefficient (Wildman–Crippen LogP) is 2.41. The third-order valence-electron chi connectivity index (χ3n) is 3.81. The fraction of sp³-hybridized carbons (Fsp3) is 0.769. The number of fused-ring (bicyclic) bond motifs is 3. The first kappa shape index (κ1) is 10.3. The minimum atomic E-state index is -0.0980. The van der Waals surface area contributed by atoms with Crippen molar-refractivity contribution in [1.82, 2.24) is 0 Å². The summed E-state index contributed by atoms with van der Waals surface area (Å²) in [4.78, 5) is 12.2. The molecule has 3 nitrogen and oxygen atoms in total. The Morgan fingerprint density at radius 2 is 2.12 bits per heavy atom. The van der Waals surface area contributed by atoms with Crippen LogP contribution in [-0.2, 0) is 14.3 Å². The molecule has 16 heavy (non-hydrogen) atoms. The number of rotatable bonds is 0. The highest BCUT2D eigenvalue weighted by Gasteiger charge is 2.43. The lowest BCUT2D eigenvalue weighted by atomic mass is 9.71. The van der Waals surface area contributed by atoms with E-state index in [1.807, 2.05) is 0 Å². The average Bonchev–Trinajstić information content (AvgIpc) is 2.14. The van der Waals surface area contributed by atoms with E-state index in [0.717, 1.165) is 37.2 Å². The van der Waals surface area contributed by atoms with Gasteiger partial charge in [-0.05, 0) is 17.8 Å². The van der Waals surface area contributed by atoms with E-state index in [1.165, 1.54) is 0 Å². The van der Waals surface area contributed by atoms with Gasteiger partial charge in [0.25, 0.3) is 0 Å². The Hall–Kier alpha value is -0.830. The van der Waals surface area contributed by atoms with Crippen LogP contribution in [0.1, 0.15) is 39.5 Å². The molecule has 0 spiro atoms. The zero-order valence-electron chi connectivity index (χ0n) is 9.91. The van der Waals surface area contributed by atoms with Crippen molar-refractivity contribution < 1.29 is 14.3 Å². The van der Waals surface area contributed by atoms with Crippen LogP contribution in [-0.4, -0.2) is 18.7 Å². The maximum absolute atomic E-state index is 12.2. The van der Waals surface area contributed by atoms with Crippen molar-refractivity contribution in [2.45, 2.75) is 45.8 Å². The Kier molecular flexibility index (Phi) is 2.15. The molecule has 0 amide bonds. The molecule has 1 fully saturated rings. The van der Waals surface area contributed by atoms with E-state index in [2.05, 4.69) is 13.8 Å². The average molecular weight is 222 g/mol. The molecule has 2 bridgehead atoms. The highest BCUT2D eigenvalue weighted by atomic mass is 16.7. The third kappa shape index (κ3) is 1.58. The van der Waals surface area contributed by atoms with Gasteiger partial charge in [0, 0.05) is 24.8 Å². The van der Waals surface area contributed by atoms with E-state index in [-0.39, 0.29) is 11.7 Å². The van der Waals surface area contributed by atoms with Crippen molar-refractivity contribution >= 4 is 5.78 Å². The molecule has 1 aliphatic carbocycles. The van der Waals surface area contributed by atoms with Gasteiger partial charge in [0.2, 0.25) is 0 Å². The van der Waals surface area contributed by atoms with Crippen LogP contribution in [0.4, 0.5) is 0 Å². The van der Waals surface area contributed by atoms with Gasteiger partial charge in [0.05, 0.1) is 6.61 Å². The van der Waals surface area contributed by atoms with Crippen LogP contribution in [0, 0.1) is 11.3 Å². The number of carbonyl (C=O) groups is 1. The summed E-state index contributed by atoms with van der Waals surface area (Å²) >= 11 is 0. The van der Waals surface area contributed by atoms with Gasteiger partial charge in [0.1, 0.15) is 5.76 Å². The molecule has 2 heterocycles. The maximum Gasteiger partial charge on any atom is 0.199 e. The molecule has 0 radical (unpaired) electrons. The van der Waals surface area contributed by atoms with E-state index in [9.17, 15) is 4.79 Å². The van der Waals surface area contributed by atoms with Crippen LogP contribution in [0.5, 0.6) is 0 Å². The predicted molar refractivity (Wildman–Crippen MR) is 58.6 cm³/mol. The summed E-state index contributed by atoms with van der Waals surface area (Å²) in [5, 5.41) is 0. The molecule has 2 atom stereocenters. The highest BCUT2D eigenvalue weighted by Crippen LogP contribution is 2.46. The Morgan fingerprint density at radius 1 is 1.31 bits per heavy atom. The smallest absolute Gasteiger partial charge is 0.199 e. The zero-order valence-corrected chi connectivity index (χ0v) is 9.91. The summed E-state index contributed by atoms with van der Waals surface area (Å²) in [5.41, 5.74) is 1.03. The van der Waals surface area contributed by atoms with E-state index >= 15 is 0 Å². The quantitative estimate of drug-likeness (QED) is 0.631. The summed E-state index contributed by atoms with van der Waals surface area (Å²) in [6, 6.07) is 0. The molecule has 0 aromatic carbocycles. The second kappa shape index (κ2) is 3.33. The number of ether oxygens (including phenoxy) is 2. The number of allylic oxidation sites excluding steroid dienone is 2. The van der Waals surface area contributed by atoms with Crippen LogP contribution >= 0.6 is 0 Å². The standard InChI is InChI=1S/C13H18O3/c1-13(2)6-9(14)12-8-3-4-15-11(5-8)16-10(12)7-13/h8,11H,3-7H2,1-2H3. The normalized spacial score (nSPS) is 36.8. The number of Topliss-reactive ketones (excluding diaryl/α,β-unsaturated/α-hetero) is 1. The van der Waals surface area contributed by atoms with Gasteiger partial charge in [-0.25, -0.2) is 0 Å². The largest absolute Gasteiger partial charge is 0.469 e. The monoisotopic (exact) mass is 222 g/mol. The van der Waals surface area contributed by atoms with Crippen LogP contribution < -0.4 is 0 Å². The van der Waals surface area contributed by atoms with Gasteiger partial charge >= 0.3 is 0 Å². The minimum absolute atomic E-state index is 0.0432. The van der Waals surface area contributed by atoms with Crippen molar-refractivity contribution in [3.05, 3.63) is 11.3 Å². The number of hydrogen-bond donors (Lipinski definition) is 0. The van der Waals surface area contributed by atoms with E-state index < -0.39 is 0 Å². The lowest BCUT2D eigenvalue weighted by molar-refractivity contribution is -0.169. The van der Waals surface area contributed by atoms with Crippen molar-refractivity contribution in [2.24, 2.45) is 11.3 Å². The Labute approximate surface area is 95.8 Å². The number of hydrogen-bond acceptors (Lipinski definition) is 3. The zero-order chi connectivity index (χ0) is 11.3. The summed E-state index contributed by atoms with van der Waals surface area (Å²) in [5.74, 6) is 1.62. The minimum Gasteiger partial charge on any atom is -0.469 e. The fourth-order valence-electron chi connectivity index (χ4n) is 3.10. The van der Waals surface area contributed by atoms with E-state index in [1.54, 1.807) is 0 Å². The molecule has 0 saturated carbocycles. The molecule has 3 rings (SSSR count). The number of ketones is 1. The van der Waals surface area contributed by atoms with Crippen molar-refractivity contribution in [1.29, 1.82) is 0 Å². The lowest BCUT2D eigenvalue weighted by Gasteiger charge is -2.42. The van der Waals surface area contributed by atoms with Gasteiger partial charge in [-0.1, -0.05) is 13.8 Å². The lowest BCUT2D eigenvalue weighted by Crippen LogP contribution is -2.40. The van der Waals surface area contributed by atoms with Crippen LogP contribution in [0.25, 0.3) is 0 Å². The van der Waals surface area contributed by atoms with Crippen molar-refractivity contribution in [2.75, 3.05) is 6.61 Å². The maximum atomic E-state index is 12.2. The van der Waals surface area contributed by atoms with E-state index in [4.69, 9.17) is 9.47 Å². The molecule has 2 aliphatic heterocycles. The molecule has 0 aromatic rings. The van der Waals surface area contributed by atoms with Gasteiger partial charge < -0.3 is 9.47 Å². The molecule has 2 unspecified atom stereocenters. The van der Waals surface area contributed by atoms with Crippen LogP contribution in [0.15, 0.2) is 11.3 Å². The van der Waals surface area contributed by atoms with Crippen LogP contribution in [0.3, 0.4) is 0 Å². The Balaban J connectivity index is 1.98. The topological polar surface area (TPSA) is 35.5 Å². The first-order valence-corrected chi connectivity index (χ1v) is 6.10. The number of carbonyl (C=O) groups excluding carboxylic acids is 1. The summed E-state index contributed by atoms with van der Waals surface area (Å²) in [6.45, 7) is 4.98. The van der Waals surface area contributed by atoms with Gasteiger partial charge in [-0.3, -0.25) is 4.79 Å².